The molecule has 0 saturated carbocycles. The lowest BCUT2D eigenvalue weighted by Gasteiger charge is -2.33. The Kier molecular flexibility index (Phi) is 4.69. The minimum absolute atomic E-state index is 0.0683. The number of nitrogens with zero attached hydrogens (tertiary/aromatic N) is 1. The molecule has 1 fully saturated rings. The Morgan fingerprint density at radius 3 is 2.76 bits per heavy atom. The highest BCUT2D eigenvalue weighted by atomic mass is 19.3. The first-order valence-corrected chi connectivity index (χ1v) is 6.16. The van der Waals surface area contributed by atoms with E-state index in [2.05, 4.69) is 4.74 Å². The third-order valence-corrected chi connectivity index (χ3v) is 3.01. The van der Waals surface area contributed by atoms with Gasteiger partial charge in [-0.1, -0.05) is 12.1 Å². The van der Waals surface area contributed by atoms with E-state index in [1.165, 1.54) is 24.3 Å². The van der Waals surface area contributed by atoms with Gasteiger partial charge in [0, 0.05) is 6.54 Å². The molecule has 0 spiro atoms. The Morgan fingerprint density at radius 2 is 2.10 bits per heavy atom. The van der Waals surface area contributed by atoms with Crippen LogP contribution in [0.25, 0.3) is 0 Å². The van der Waals surface area contributed by atoms with Gasteiger partial charge < -0.3 is 19.5 Å². The van der Waals surface area contributed by atoms with Crippen molar-refractivity contribution in [1.29, 1.82) is 0 Å². The van der Waals surface area contributed by atoms with Crippen molar-refractivity contribution in [3.8, 4) is 5.75 Å². The quantitative estimate of drug-likeness (QED) is 0.904. The topological polar surface area (TPSA) is 76.1 Å². The second kappa shape index (κ2) is 6.49. The van der Waals surface area contributed by atoms with Crippen LogP contribution >= 0.6 is 0 Å². The second-order valence-corrected chi connectivity index (χ2v) is 4.30. The van der Waals surface area contributed by atoms with E-state index in [1.54, 1.807) is 0 Å². The summed E-state index contributed by atoms with van der Waals surface area (Å²) in [6, 6.07) is 4.33. The first-order chi connectivity index (χ1) is 10.0. The van der Waals surface area contributed by atoms with Crippen LogP contribution in [0.4, 0.5) is 8.78 Å². The lowest BCUT2D eigenvalue weighted by atomic mass is 10.1. The van der Waals surface area contributed by atoms with Crippen LogP contribution < -0.4 is 4.74 Å². The van der Waals surface area contributed by atoms with Crippen molar-refractivity contribution >= 4 is 11.9 Å². The Bertz CT molecular complexity index is 537. The summed E-state index contributed by atoms with van der Waals surface area (Å²) in [6.07, 6.45) is 0. The number of rotatable bonds is 4. The molecule has 1 atom stereocenters. The fraction of sp³-hybridized carbons (Fsp3) is 0.385. The van der Waals surface area contributed by atoms with Crippen LogP contribution in [0.2, 0.25) is 0 Å². The lowest BCUT2D eigenvalue weighted by Crippen LogP contribution is -2.52. The number of alkyl halides is 2. The molecule has 1 aliphatic heterocycles. The average molecular weight is 301 g/mol. The van der Waals surface area contributed by atoms with Crippen molar-refractivity contribution in [2.45, 2.75) is 12.7 Å². The summed E-state index contributed by atoms with van der Waals surface area (Å²) in [5.74, 6) is -2.18. The van der Waals surface area contributed by atoms with E-state index in [1.807, 2.05) is 0 Å². The number of ether oxygens (including phenoxy) is 2. The van der Waals surface area contributed by atoms with Crippen LogP contribution in [0.3, 0.4) is 0 Å². The fourth-order valence-electron chi connectivity index (χ4n) is 2.05. The van der Waals surface area contributed by atoms with Gasteiger partial charge in [0.05, 0.1) is 18.8 Å². The van der Waals surface area contributed by atoms with Gasteiger partial charge in [0.25, 0.3) is 5.91 Å². The number of carbonyl (C=O) groups excluding carboxylic acids is 1. The highest BCUT2D eigenvalue weighted by Crippen LogP contribution is 2.23. The number of amides is 1. The monoisotopic (exact) mass is 301 g/mol. The highest BCUT2D eigenvalue weighted by Gasteiger charge is 2.34. The minimum Gasteiger partial charge on any atom is -0.480 e. The van der Waals surface area contributed by atoms with E-state index >= 15 is 0 Å². The van der Waals surface area contributed by atoms with Gasteiger partial charge in [0.1, 0.15) is 5.75 Å². The van der Waals surface area contributed by atoms with Gasteiger partial charge in [0.2, 0.25) is 0 Å². The van der Waals surface area contributed by atoms with Gasteiger partial charge in [-0.3, -0.25) is 4.79 Å². The number of carboxylic acids is 1. The number of carboxylic acid groups (broad SMARTS) is 1. The maximum absolute atomic E-state index is 12.4. The standard InChI is InChI=1S/C13H13F2NO5/c14-13(15)21-10-4-2-1-3-8(10)11(17)16-5-6-20-7-9(16)12(18)19/h1-4,9,13H,5-7H2,(H,18,19). The number of aliphatic carboxylic acids is 1. The zero-order valence-electron chi connectivity index (χ0n) is 10.9. The number of carbonyl (C=O) groups is 2. The van der Waals surface area contributed by atoms with E-state index in [0.29, 0.717) is 0 Å². The summed E-state index contributed by atoms with van der Waals surface area (Å²) in [7, 11) is 0. The van der Waals surface area contributed by atoms with E-state index in [9.17, 15) is 18.4 Å². The zero-order chi connectivity index (χ0) is 15.4. The van der Waals surface area contributed by atoms with Crippen molar-refractivity contribution in [3.63, 3.8) is 0 Å². The van der Waals surface area contributed by atoms with E-state index < -0.39 is 24.5 Å². The van der Waals surface area contributed by atoms with Crippen molar-refractivity contribution < 1.29 is 33.0 Å². The molecule has 1 unspecified atom stereocenters. The smallest absolute Gasteiger partial charge is 0.387 e. The summed E-state index contributed by atoms with van der Waals surface area (Å²) in [5.41, 5.74) is -0.106. The van der Waals surface area contributed by atoms with Gasteiger partial charge >= 0.3 is 12.6 Å². The first kappa shape index (κ1) is 15.2. The Balaban J connectivity index is 2.28. The van der Waals surface area contributed by atoms with Gasteiger partial charge in [-0.05, 0) is 12.1 Å². The van der Waals surface area contributed by atoms with Gasteiger partial charge in [-0.2, -0.15) is 8.78 Å². The number of halogens is 2. The lowest BCUT2D eigenvalue weighted by molar-refractivity contribution is -0.147. The molecule has 1 amide bonds. The molecule has 1 aromatic rings. The van der Waals surface area contributed by atoms with Crippen molar-refractivity contribution in [1.82, 2.24) is 4.90 Å². The Hall–Kier alpha value is -2.22. The molecular weight excluding hydrogens is 288 g/mol. The summed E-state index contributed by atoms with van der Waals surface area (Å²) in [6.45, 7) is -2.95. The maximum Gasteiger partial charge on any atom is 0.387 e. The van der Waals surface area contributed by atoms with Crippen molar-refractivity contribution in [3.05, 3.63) is 29.8 Å². The minimum atomic E-state index is -3.07. The zero-order valence-corrected chi connectivity index (χ0v) is 10.9. The normalized spacial score (nSPS) is 18.6. The summed E-state index contributed by atoms with van der Waals surface area (Å²) >= 11 is 0. The van der Waals surface area contributed by atoms with Gasteiger partial charge in [-0.25, -0.2) is 4.79 Å². The van der Waals surface area contributed by atoms with Crippen LogP contribution in [0.15, 0.2) is 24.3 Å². The van der Waals surface area contributed by atoms with Crippen LogP contribution in [-0.4, -0.2) is 54.3 Å². The number of hydrogen-bond acceptors (Lipinski definition) is 4. The highest BCUT2D eigenvalue weighted by molar-refractivity contribution is 5.99. The molecule has 2 rings (SSSR count). The molecule has 8 heteroatoms. The number of morpholine rings is 1. The van der Waals surface area contributed by atoms with E-state index in [4.69, 9.17) is 9.84 Å². The Morgan fingerprint density at radius 1 is 1.38 bits per heavy atom. The van der Waals surface area contributed by atoms with E-state index in [-0.39, 0.29) is 31.1 Å². The van der Waals surface area contributed by atoms with E-state index in [0.717, 1.165) is 4.90 Å². The van der Waals surface area contributed by atoms with Crippen LogP contribution in [0, 0.1) is 0 Å². The number of hydrogen-bond donors (Lipinski definition) is 1. The summed E-state index contributed by atoms with van der Waals surface area (Å²) < 4.78 is 34.0. The summed E-state index contributed by atoms with van der Waals surface area (Å²) in [5, 5.41) is 9.09. The predicted octanol–water partition coefficient (Wildman–Crippen LogP) is 1.21. The van der Waals surface area contributed by atoms with Gasteiger partial charge in [-0.15, -0.1) is 0 Å². The third kappa shape index (κ3) is 3.46. The fourth-order valence-corrected chi connectivity index (χ4v) is 2.05. The third-order valence-electron chi connectivity index (χ3n) is 3.01. The molecule has 0 radical (unpaired) electrons. The van der Waals surface area contributed by atoms with Crippen molar-refractivity contribution in [2.75, 3.05) is 19.8 Å². The molecule has 1 N–H and O–H groups in total. The molecule has 0 bridgehead atoms. The van der Waals surface area contributed by atoms with Crippen molar-refractivity contribution in [2.24, 2.45) is 0 Å². The van der Waals surface area contributed by atoms with Crippen LogP contribution in [0.5, 0.6) is 5.75 Å². The maximum atomic E-state index is 12.4. The molecule has 0 aliphatic carbocycles. The molecular formula is C13H13F2NO5. The molecule has 0 aromatic heterocycles. The predicted molar refractivity (Wildman–Crippen MR) is 66.4 cm³/mol. The second-order valence-electron chi connectivity index (χ2n) is 4.30. The molecule has 1 saturated heterocycles. The molecule has 114 valence electrons. The molecule has 1 heterocycles. The number of benzene rings is 1. The number of para-hydroxylation sites is 1. The SMILES string of the molecule is O=C(O)C1COCCN1C(=O)c1ccccc1OC(F)F. The van der Waals surface area contributed by atoms with Crippen LogP contribution in [-0.2, 0) is 9.53 Å². The average Bonchev–Trinajstić information content (AvgIpc) is 2.46. The Labute approximate surface area is 118 Å². The molecule has 21 heavy (non-hydrogen) atoms. The molecule has 1 aliphatic rings. The van der Waals surface area contributed by atoms with Crippen LogP contribution in [0.1, 0.15) is 10.4 Å². The van der Waals surface area contributed by atoms with Gasteiger partial charge in [0.15, 0.2) is 6.04 Å². The summed E-state index contributed by atoms with van der Waals surface area (Å²) in [4.78, 5) is 24.6. The first-order valence-electron chi connectivity index (χ1n) is 6.16. The largest absolute Gasteiger partial charge is 0.480 e. The molecule has 6 nitrogen and oxygen atoms in total. The molecule has 1 aromatic carbocycles.